The first-order chi connectivity index (χ1) is 7.13. The van der Waals surface area contributed by atoms with E-state index in [0.717, 1.165) is 18.8 Å². The monoisotopic (exact) mass is 225 g/mol. The Morgan fingerprint density at radius 1 is 1.40 bits per heavy atom. The minimum Gasteiger partial charge on any atom is -0.508 e. The Bertz CT molecular complexity index is 314. The number of thioether (sulfide) groups is 1. The first-order valence-corrected chi connectivity index (χ1v) is 6.49. The number of hydrogen-bond donors (Lipinski definition) is 1. The third-order valence-corrected chi connectivity index (χ3v) is 3.04. The predicted octanol–water partition coefficient (Wildman–Crippen LogP) is 2.50. The lowest BCUT2D eigenvalue weighted by atomic mass is 10.1. The molecule has 1 N–H and O–H groups in total. The summed E-state index contributed by atoms with van der Waals surface area (Å²) in [6.45, 7) is 4.06. The van der Waals surface area contributed by atoms with Crippen molar-refractivity contribution in [3.05, 3.63) is 29.3 Å². The highest BCUT2D eigenvalue weighted by molar-refractivity contribution is 7.98. The van der Waals surface area contributed by atoms with Crippen molar-refractivity contribution < 1.29 is 5.11 Å². The first kappa shape index (κ1) is 12.4. The Morgan fingerprint density at radius 3 is 2.80 bits per heavy atom. The SMILES string of the molecule is CSCCN(C)Cc1cc(O)ccc1C. The third-order valence-electron chi connectivity index (χ3n) is 2.45. The molecule has 0 spiro atoms. The molecule has 0 aliphatic rings. The summed E-state index contributed by atoms with van der Waals surface area (Å²) >= 11 is 1.86. The maximum absolute atomic E-state index is 9.40. The van der Waals surface area contributed by atoms with E-state index in [2.05, 4.69) is 25.1 Å². The number of phenols is 1. The van der Waals surface area contributed by atoms with Crippen molar-refractivity contribution in [1.29, 1.82) is 0 Å². The average molecular weight is 225 g/mol. The molecule has 3 heteroatoms. The Labute approximate surface area is 96.3 Å². The van der Waals surface area contributed by atoms with Crippen LogP contribution >= 0.6 is 11.8 Å². The maximum Gasteiger partial charge on any atom is 0.115 e. The molecule has 2 nitrogen and oxygen atoms in total. The van der Waals surface area contributed by atoms with Gasteiger partial charge < -0.3 is 10.0 Å². The highest BCUT2D eigenvalue weighted by atomic mass is 32.2. The van der Waals surface area contributed by atoms with Crippen molar-refractivity contribution >= 4 is 11.8 Å². The number of nitrogens with zero attached hydrogens (tertiary/aromatic N) is 1. The van der Waals surface area contributed by atoms with E-state index in [1.165, 1.54) is 11.1 Å². The van der Waals surface area contributed by atoms with Gasteiger partial charge in [-0.15, -0.1) is 0 Å². The van der Waals surface area contributed by atoms with Gasteiger partial charge in [-0.05, 0) is 43.5 Å². The Balaban J connectivity index is 2.59. The van der Waals surface area contributed by atoms with Crippen LogP contribution in [0.2, 0.25) is 0 Å². The molecule has 0 aromatic heterocycles. The van der Waals surface area contributed by atoms with Crippen LogP contribution in [0.1, 0.15) is 11.1 Å². The largest absolute Gasteiger partial charge is 0.508 e. The summed E-state index contributed by atoms with van der Waals surface area (Å²) < 4.78 is 0. The normalized spacial score (nSPS) is 10.9. The van der Waals surface area contributed by atoms with Gasteiger partial charge in [0.15, 0.2) is 0 Å². The summed E-state index contributed by atoms with van der Waals surface area (Å²) in [5.41, 5.74) is 2.45. The zero-order chi connectivity index (χ0) is 11.3. The van der Waals surface area contributed by atoms with Crippen LogP contribution < -0.4 is 0 Å². The average Bonchev–Trinajstić information content (AvgIpc) is 2.20. The lowest BCUT2D eigenvalue weighted by Gasteiger charge is -2.17. The van der Waals surface area contributed by atoms with Crippen LogP contribution in [0.25, 0.3) is 0 Å². The van der Waals surface area contributed by atoms with E-state index in [0.29, 0.717) is 5.75 Å². The topological polar surface area (TPSA) is 23.5 Å². The van der Waals surface area contributed by atoms with E-state index < -0.39 is 0 Å². The zero-order valence-electron chi connectivity index (χ0n) is 9.66. The van der Waals surface area contributed by atoms with Crippen molar-refractivity contribution in [1.82, 2.24) is 4.90 Å². The van der Waals surface area contributed by atoms with Crippen LogP contribution in [0.3, 0.4) is 0 Å². The van der Waals surface area contributed by atoms with Gasteiger partial charge in [-0.25, -0.2) is 0 Å². The molecule has 0 radical (unpaired) electrons. The van der Waals surface area contributed by atoms with E-state index >= 15 is 0 Å². The van der Waals surface area contributed by atoms with Crippen LogP contribution in [0.4, 0.5) is 0 Å². The highest BCUT2D eigenvalue weighted by Crippen LogP contribution is 2.17. The molecule has 0 bridgehead atoms. The third kappa shape index (κ3) is 4.14. The molecular weight excluding hydrogens is 206 g/mol. The van der Waals surface area contributed by atoms with Crippen molar-refractivity contribution in [2.24, 2.45) is 0 Å². The molecule has 0 aliphatic carbocycles. The molecule has 0 aliphatic heterocycles. The van der Waals surface area contributed by atoms with Gasteiger partial charge in [0.2, 0.25) is 0 Å². The fraction of sp³-hybridized carbons (Fsp3) is 0.500. The van der Waals surface area contributed by atoms with Crippen LogP contribution in [-0.2, 0) is 6.54 Å². The van der Waals surface area contributed by atoms with E-state index in [1.54, 1.807) is 6.07 Å². The van der Waals surface area contributed by atoms with Crippen molar-refractivity contribution in [2.75, 3.05) is 25.6 Å². The van der Waals surface area contributed by atoms with Gasteiger partial charge in [0.05, 0.1) is 0 Å². The van der Waals surface area contributed by atoms with E-state index in [1.807, 2.05) is 23.9 Å². The van der Waals surface area contributed by atoms with E-state index in [4.69, 9.17) is 0 Å². The number of phenolic OH excluding ortho intramolecular Hbond substituents is 1. The standard InChI is InChI=1S/C12H19NOS/c1-10-4-5-12(14)8-11(10)9-13(2)6-7-15-3/h4-5,8,14H,6-7,9H2,1-3H3. The summed E-state index contributed by atoms with van der Waals surface area (Å²) in [5.74, 6) is 1.50. The smallest absolute Gasteiger partial charge is 0.115 e. The second-order valence-electron chi connectivity index (χ2n) is 3.84. The second kappa shape index (κ2) is 6.03. The summed E-state index contributed by atoms with van der Waals surface area (Å²) in [4.78, 5) is 2.28. The van der Waals surface area contributed by atoms with E-state index in [-0.39, 0.29) is 0 Å². The molecular formula is C12H19NOS. The maximum atomic E-state index is 9.40. The Hall–Kier alpha value is -0.670. The van der Waals surface area contributed by atoms with Gasteiger partial charge >= 0.3 is 0 Å². The molecule has 0 heterocycles. The van der Waals surface area contributed by atoms with Crippen LogP contribution in [-0.4, -0.2) is 35.6 Å². The Morgan fingerprint density at radius 2 is 2.13 bits per heavy atom. The van der Waals surface area contributed by atoms with Gasteiger partial charge in [-0.2, -0.15) is 11.8 Å². The molecule has 0 fully saturated rings. The molecule has 84 valence electrons. The number of aromatic hydroxyl groups is 1. The zero-order valence-corrected chi connectivity index (χ0v) is 10.5. The fourth-order valence-corrected chi connectivity index (χ4v) is 1.94. The predicted molar refractivity (Wildman–Crippen MR) is 67.6 cm³/mol. The number of rotatable bonds is 5. The quantitative estimate of drug-likeness (QED) is 0.833. The molecule has 1 aromatic rings. The molecule has 1 aromatic carbocycles. The van der Waals surface area contributed by atoms with Gasteiger partial charge in [-0.1, -0.05) is 6.07 Å². The minimum absolute atomic E-state index is 0.355. The van der Waals surface area contributed by atoms with Gasteiger partial charge in [0, 0.05) is 18.8 Å². The highest BCUT2D eigenvalue weighted by Gasteiger charge is 2.03. The van der Waals surface area contributed by atoms with Crippen molar-refractivity contribution in [3.8, 4) is 5.75 Å². The van der Waals surface area contributed by atoms with Crippen molar-refractivity contribution in [3.63, 3.8) is 0 Å². The van der Waals surface area contributed by atoms with Gasteiger partial charge in [0.1, 0.15) is 5.75 Å². The summed E-state index contributed by atoms with van der Waals surface area (Å²) in [6, 6.07) is 5.55. The minimum atomic E-state index is 0.355. The van der Waals surface area contributed by atoms with Crippen LogP contribution in [0.15, 0.2) is 18.2 Å². The van der Waals surface area contributed by atoms with E-state index in [9.17, 15) is 5.11 Å². The van der Waals surface area contributed by atoms with Crippen LogP contribution in [0.5, 0.6) is 5.75 Å². The Kier molecular flexibility index (Phi) is 4.99. The summed E-state index contributed by atoms with van der Waals surface area (Å²) in [6.07, 6.45) is 2.12. The first-order valence-electron chi connectivity index (χ1n) is 5.09. The molecule has 0 amide bonds. The summed E-state index contributed by atoms with van der Waals surface area (Å²) in [7, 11) is 2.11. The molecule has 1 rings (SSSR count). The fourth-order valence-electron chi connectivity index (χ4n) is 1.45. The molecule has 0 saturated heterocycles. The molecule has 0 unspecified atom stereocenters. The lowest BCUT2D eigenvalue weighted by molar-refractivity contribution is 0.347. The van der Waals surface area contributed by atoms with Gasteiger partial charge in [0.25, 0.3) is 0 Å². The summed E-state index contributed by atoms with van der Waals surface area (Å²) in [5, 5.41) is 9.40. The van der Waals surface area contributed by atoms with Gasteiger partial charge in [-0.3, -0.25) is 0 Å². The molecule has 15 heavy (non-hydrogen) atoms. The molecule has 0 atom stereocenters. The number of benzene rings is 1. The van der Waals surface area contributed by atoms with Crippen LogP contribution in [0, 0.1) is 6.92 Å². The number of hydrogen-bond acceptors (Lipinski definition) is 3. The number of aryl methyl sites for hydroxylation is 1. The van der Waals surface area contributed by atoms with Crippen molar-refractivity contribution in [2.45, 2.75) is 13.5 Å². The lowest BCUT2D eigenvalue weighted by Crippen LogP contribution is -2.21. The molecule has 0 saturated carbocycles. The second-order valence-corrected chi connectivity index (χ2v) is 4.83.